The summed E-state index contributed by atoms with van der Waals surface area (Å²) in [4.78, 5) is 38.1. The molecule has 0 aromatic rings. The third kappa shape index (κ3) is 3.73. The van der Waals surface area contributed by atoms with Gasteiger partial charge in [-0.15, -0.1) is 0 Å². The van der Waals surface area contributed by atoms with Gasteiger partial charge in [0.15, 0.2) is 0 Å². The van der Waals surface area contributed by atoms with Crippen molar-refractivity contribution in [3.05, 3.63) is 0 Å². The van der Waals surface area contributed by atoms with Gasteiger partial charge in [-0.25, -0.2) is 4.79 Å². The van der Waals surface area contributed by atoms with Gasteiger partial charge in [-0.2, -0.15) is 0 Å². The fourth-order valence-electron chi connectivity index (χ4n) is 4.31. The van der Waals surface area contributed by atoms with E-state index in [4.69, 9.17) is 0 Å². The molecule has 1 aliphatic heterocycles. The zero-order valence-corrected chi connectivity index (χ0v) is 14.4. The molecular weight excluding hydrogens is 306 g/mol. The summed E-state index contributed by atoms with van der Waals surface area (Å²) in [6, 6.07) is -0.0808. The lowest BCUT2D eigenvalue weighted by atomic mass is 9.96. The Morgan fingerprint density at radius 1 is 1.04 bits per heavy atom. The van der Waals surface area contributed by atoms with Gasteiger partial charge in [0.25, 0.3) is 5.91 Å². The van der Waals surface area contributed by atoms with Crippen LogP contribution in [0, 0.1) is 0 Å². The number of amides is 4. The van der Waals surface area contributed by atoms with Crippen LogP contribution in [0.5, 0.6) is 0 Å². The summed E-state index contributed by atoms with van der Waals surface area (Å²) >= 11 is 0. The normalized spacial score (nSPS) is 24.8. The molecule has 6 nitrogen and oxygen atoms in total. The van der Waals surface area contributed by atoms with Crippen molar-refractivity contribution in [1.29, 1.82) is 0 Å². The molecule has 0 aromatic carbocycles. The van der Waals surface area contributed by atoms with Crippen molar-refractivity contribution in [2.24, 2.45) is 0 Å². The summed E-state index contributed by atoms with van der Waals surface area (Å²) in [5.41, 5.74) is -0.674. The predicted octanol–water partition coefficient (Wildman–Crippen LogP) is 2.47. The van der Waals surface area contributed by atoms with Gasteiger partial charge in [0, 0.05) is 19.0 Å². The standard InChI is InChI=1S/C18H29N3O3/c22-15(19-14-8-4-2-1-3-5-9-14)10-13-21-16(23)18(20-17(21)24)11-6-7-12-18/h14H,1-13H2,(H,19,22)(H,20,24). The number of hydrogen-bond acceptors (Lipinski definition) is 3. The van der Waals surface area contributed by atoms with Crippen LogP contribution in [-0.2, 0) is 9.59 Å². The summed E-state index contributed by atoms with van der Waals surface area (Å²) < 4.78 is 0. The Bertz CT molecular complexity index is 492. The van der Waals surface area contributed by atoms with Crippen molar-refractivity contribution in [3.63, 3.8) is 0 Å². The van der Waals surface area contributed by atoms with Crippen molar-refractivity contribution in [2.75, 3.05) is 6.54 Å². The van der Waals surface area contributed by atoms with Crippen LogP contribution in [0.4, 0.5) is 4.79 Å². The highest BCUT2D eigenvalue weighted by Gasteiger charge is 2.52. The molecule has 0 bridgehead atoms. The van der Waals surface area contributed by atoms with E-state index >= 15 is 0 Å². The maximum atomic E-state index is 12.5. The number of carbonyl (C=O) groups is 3. The molecule has 0 aromatic heterocycles. The van der Waals surface area contributed by atoms with Gasteiger partial charge in [-0.1, -0.05) is 44.9 Å². The fourth-order valence-corrected chi connectivity index (χ4v) is 4.31. The van der Waals surface area contributed by atoms with Gasteiger partial charge in [0.2, 0.25) is 5.91 Å². The molecule has 1 heterocycles. The zero-order valence-electron chi connectivity index (χ0n) is 14.4. The number of nitrogens with one attached hydrogen (secondary N) is 2. The van der Waals surface area contributed by atoms with E-state index < -0.39 is 5.54 Å². The smallest absolute Gasteiger partial charge is 0.325 e. The van der Waals surface area contributed by atoms with E-state index in [0.29, 0.717) is 0 Å². The van der Waals surface area contributed by atoms with E-state index in [0.717, 1.165) is 38.5 Å². The van der Waals surface area contributed by atoms with Crippen LogP contribution in [-0.4, -0.2) is 40.9 Å². The largest absolute Gasteiger partial charge is 0.353 e. The molecule has 0 unspecified atom stereocenters. The van der Waals surface area contributed by atoms with Gasteiger partial charge in [0.05, 0.1) is 0 Å². The summed E-state index contributed by atoms with van der Waals surface area (Å²) in [6.07, 6.45) is 11.8. The maximum Gasteiger partial charge on any atom is 0.325 e. The molecule has 0 atom stereocenters. The molecular formula is C18H29N3O3. The quantitative estimate of drug-likeness (QED) is 0.775. The van der Waals surface area contributed by atoms with E-state index in [1.54, 1.807) is 0 Å². The van der Waals surface area contributed by atoms with Gasteiger partial charge in [0.1, 0.15) is 5.54 Å². The van der Waals surface area contributed by atoms with E-state index in [9.17, 15) is 14.4 Å². The van der Waals surface area contributed by atoms with Gasteiger partial charge in [-0.3, -0.25) is 14.5 Å². The monoisotopic (exact) mass is 335 g/mol. The molecule has 2 aliphatic carbocycles. The summed E-state index contributed by atoms with van der Waals surface area (Å²) in [7, 11) is 0. The lowest BCUT2D eigenvalue weighted by molar-refractivity contribution is -0.131. The van der Waals surface area contributed by atoms with E-state index in [-0.39, 0.29) is 36.9 Å². The Kier molecular flexibility index (Phi) is 5.41. The minimum atomic E-state index is -0.674. The second-order valence-electron chi connectivity index (χ2n) is 7.54. The average molecular weight is 335 g/mol. The molecule has 1 saturated heterocycles. The Morgan fingerprint density at radius 3 is 2.33 bits per heavy atom. The number of urea groups is 1. The lowest BCUT2D eigenvalue weighted by Gasteiger charge is -2.22. The Balaban J connectivity index is 1.47. The molecule has 3 fully saturated rings. The van der Waals surface area contributed by atoms with E-state index in [1.807, 2.05) is 0 Å². The van der Waals surface area contributed by atoms with Crippen LogP contribution in [0.3, 0.4) is 0 Å². The van der Waals surface area contributed by atoms with Crippen LogP contribution < -0.4 is 10.6 Å². The first kappa shape index (κ1) is 17.2. The highest BCUT2D eigenvalue weighted by atomic mass is 16.2. The van der Waals surface area contributed by atoms with Gasteiger partial charge >= 0.3 is 6.03 Å². The number of rotatable bonds is 4. The summed E-state index contributed by atoms with van der Waals surface area (Å²) in [5.74, 6) is -0.183. The van der Waals surface area contributed by atoms with Crippen LogP contribution >= 0.6 is 0 Å². The van der Waals surface area contributed by atoms with E-state index in [2.05, 4.69) is 10.6 Å². The van der Waals surface area contributed by atoms with Crippen LogP contribution in [0.25, 0.3) is 0 Å². The topological polar surface area (TPSA) is 78.5 Å². The van der Waals surface area contributed by atoms with Crippen LogP contribution in [0.1, 0.15) is 77.0 Å². The third-order valence-corrected chi connectivity index (χ3v) is 5.74. The average Bonchev–Trinajstić information content (AvgIpc) is 3.07. The first-order valence-corrected chi connectivity index (χ1v) is 9.54. The molecule has 134 valence electrons. The molecule has 0 radical (unpaired) electrons. The first-order valence-electron chi connectivity index (χ1n) is 9.54. The van der Waals surface area contributed by atoms with Crippen molar-refractivity contribution in [3.8, 4) is 0 Å². The maximum absolute atomic E-state index is 12.5. The second-order valence-corrected chi connectivity index (χ2v) is 7.54. The Morgan fingerprint density at radius 2 is 1.67 bits per heavy atom. The summed E-state index contributed by atoms with van der Waals surface area (Å²) in [6.45, 7) is 0.185. The molecule has 2 N–H and O–H groups in total. The Hall–Kier alpha value is -1.59. The minimum Gasteiger partial charge on any atom is -0.353 e. The van der Waals surface area contributed by atoms with Gasteiger partial charge in [-0.05, 0) is 25.7 Å². The minimum absolute atomic E-state index is 0.0476. The van der Waals surface area contributed by atoms with Crippen molar-refractivity contribution in [1.82, 2.24) is 15.5 Å². The second kappa shape index (κ2) is 7.53. The Labute approximate surface area is 143 Å². The first-order chi connectivity index (χ1) is 11.6. The van der Waals surface area contributed by atoms with Crippen molar-refractivity contribution < 1.29 is 14.4 Å². The zero-order chi connectivity index (χ0) is 17.0. The van der Waals surface area contributed by atoms with Crippen molar-refractivity contribution >= 4 is 17.8 Å². The van der Waals surface area contributed by atoms with E-state index in [1.165, 1.54) is 37.0 Å². The SMILES string of the molecule is O=C(CCN1C(=O)NC2(CCCC2)C1=O)NC1CCCCCCC1. The highest BCUT2D eigenvalue weighted by Crippen LogP contribution is 2.35. The number of carbonyl (C=O) groups excluding carboxylic acids is 3. The molecule has 6 heteroatoms. The molecule has 4 amide bonds. The summed E-state index contributed by atoms with van der Waals surface area (Å²) in [5, 5.41) is 5.95. The fraction of sp³-hybridized carbons (Fsp3) is 0.833. The highest BCUT2D eigenvalue weighted by molar-refractivity contribution is 6.07. The van der Waals surface area contributed by atoms with Gasteiger partial charge < -0.3 is 10.6 Å². The number of nitrogens with zero attached hydrogens (tertiary/aromatic N) is 1. The molecule has 2 saturated carbocycles. The third-order valence-electron chi connectivity index (χ3n) is 5.74. The molecule has 1 spiro atoms. The number of imide groups is 1. The lowest BCUT2D eigenvalue weighted by Crippen LogP contribution is -2.44. The van der Waals surface area contributed by atoms with Crippen LogP contribution in [0.2, 0.25) is 0 Å². The van der Waals surface area contributed by atoms with Crippen LogP contribution in [0.15, 0.2) is 0 Å². The predicted molar refractivity (Wildman–Crippen MR) is 90.3 cm³/mol. The van der Waals surface area contributed by atoms with Crippen molar-refractivity contribution in [2.45, 2.75) is 88.6 Å². The number of hydrogen-bond donors (Lipinski definition) is 2. The molecule has 3 aliphatic rings. The molecule has 3 rings (SSSR count). The molecule has 24 heavy (non-hydrogen) atoms.